The van der Waals surface area contributed by atoms with E-state index in [0.717, 1.165) is 15.6 Å². The maximum absolute atomic E-state index is 9.96. The van der Waals surface area contributed by atoms with Crippen LogP contribution in [0.1, 0.15) is 1.43 Å². The van der Waals surface area contributed by atoms with Gasteiger partial charge in [0.25, 0.3) is 0 Å². The minimum atomic E-state index is 0. The Morgan fingerprint density at radius 1 is 1.00 bits per heavy atom. The molecule has 0 unspecified atom stereocenters. The summed E-state index contributed by atoms with van der Waals surface area (Å²) in [5.41, 5.74) is 3.19. The quantitative estimate of drug-likeness (QED) is 0.659. The number of nitrogens with zero attached hydrogens (tertiary/aromatic N) is 1. The lowest BCUT2D eigenvalue weighted by molar-refractivity contribution is 0.452. The molecule has 0 saturated heterocycles. The molecule has 3 rings (SSSR count). The van der Waals surface area contributed by atoms with Crippen molar-refractivity contribution in [1.82, 2.24) is 10.2 Å². The molecule has 1 aromatic heterocycles. The Bertz CT molecular complexity index is 757. The second-order valence-electron chi connectivity index (χ2n) is 4.37. The predicted molar refractivity (Wildman–Crippen MR) is 82.6 cm³/mol. The molecule has 0 aliphatic carbocycles. The molecule has 0 bridgehead atoms. The molecule has 0 atom stereocenters. The summed E-state index contributed by atoms with van der Waals surface area (Å²) < 4.78 is 0.999. The number of halogens is 1. The van der Waals surface area contributed by atoms with Gasteiger partial charge in [-0.25, -0.2) is 0 Å². The number of nitrogens with one attached hydrogen (secondary N) is 1. The van der Waals surface area contributed by atoms with Gasteiger partial charge < -0.3 is 10.2 Å². The summed E-state index contributed by atoms with van der Waals surface area (Å²) in [7, 11) is 0. The van der Waals surface area contributed by atoms with Gasteiger partial charge in [-0.3, -0.25) is 5.10 Å². The Balaban J connectivity index is 0.00000161. The zero-order chi connectivity index (χ0) is 14.1. The van der Waals surface area contributed by atoms with E-state index >= 15 is 0 Å². The summed E-state index contributed by atoms with van der Waals surface area (Å²) in [6, 6.07) is 12.3. The molecule has 4 nitrogen and oxygen atoms in total. The van der Waals surface area contributed by atoms with Crippen LogP contribution in [0.3, 0.4) is 0 Å². The first-order valence-corrected chi connectivity index (χ1v) is 6.76. The van der Waals surface area contributed by atoms with Crippen molar-refractivity contribution < 1.29 is 11.6 Å². The Morgan fingerprint density at radius 3 is 2.45 bits per heavy atom. The van der Waals surface area contributed by atoms with E-state index < -0.39 is 0 Å². The molecule has 0 aliphatic rings. The number of phenols is 2. The highest BCUT2D eigenvalue weighted by Gasteiger charge is 2.13. The van der Waals surface area contributed by atoms with E-state index in [1.165, 1.54) is 12.1 Å². The molecular formula is C15H13BrN2O2. The summed E-state index contributed by atoms with van der Waals surface area (Å²) in [5.74, 6) is 0.0311. The molecule has 0 aliphatic heterocycles. The highest BCUT2D eigenvalue weighted by atomic mass is 79.9. The van der Waals surface area contributed by atoms with Crippen molar-refractivity contribution >= 4 is 15.9 Å². The number of phenolic OH excluding ortho intramolecular Hbond substituents is 2. The predicted octanol–water partition coefficient (Wildman–Crippen LogP) is 4.16. The third kappa shape index (κ3) is 2.28. The molecule has 0 fully saturated rings. The molecule has 3 aromatic rings. The van der Waals surface area contributed by atoms with Crippen LogP contribution in [0.4, 0.5) is 0 Å². The van der Waals surface area contributed by atoms with Crippen LogP contribution in [-0.4, -0.2) is 20.4 Å². The van der Waals surface area contributed by atoms with Crippen LogP contribution in [0, 0.1) is 0 Å². The molecule has 0 radical (unpaired) electrons. The lowest BCUT2D eigenvalue weighted by Gasteiger charge is -2.06. The zero-order valence-electron chi connectivity index (χ0n) is 10.3. The van der Waals surface area contributed by atoms with Crippen LogP contribution in [-0.2, 0) is 0 Å². The molecule has 2 aromatic carbocycles. The van der Waals surface area contributed by atoms with Crippen LogP contribution < -0.4 is 0 Å². The fourth-order valence-electron chi connectivity index (χ4n) is 2.07. The van der Waals surface area contributed by atoms with Gasteiger partial charge in [0.1, 0.15) is 11.5 Å². The lowest BCUT2D eigenvalue weighted by atomic mass is 10.0. The second kappa shape index (κ2) is 5.02. The van der Waals surface area contributed by atoms with E-state index in [0.29, 0.717) is 11.3 Å². The van der Waals surface area contributed by atoms with E-state index in [1.807, 2.05) is 24.3 Å². The van der Waals surface area contributed by atoms with Crippen LogP contribution in [0.2, 0.25) is 0 Å². The van der Waals surface area contributed by atoms with Gasteiger partial charge >= 0.3 is 0 Å². The number of aromatic amines is 1. The van der Waals surface area contributed by atoms with Gasteiger partial charge in [0, 0.05) is 23.1 Å². The molecule has 0 spiro atoms. The smallest absolute Gasteiger partial charge is 0.128 e. The van der Waals surface area contributed by atoms with Gasteiger partial charge in [-0.1, -0.05) is 28.1 Å². The molecule has 0 saturated carbocycles. The van der Waals surface area contributed by atoms with E-state index in [1.54, 1.807) is 12.3 Å². The summed E-state index contributed by atoms with van der Waals surface area (Å²) in [4.78, 5) is 0. The Hall–Kier alpha value is -2.27. The van der Waals surface area contributed by atoms with Crippen molar-refractivity contribution in [2.75, 3.05) is 0 Å². The van der Waals surface area contributed by atoms with Gasteiger partial charge in [0.2, 0.25) is 0 Å². The largest absolute Gasteiger partial charge is 0.508 e. The minimum absolute atomic E-state index is 0. The number of hydrogen-bond donors (Lipinski definition) is 3. The average Bonchev–Trinajstić information content (AvgIpc) is 2.88. The van der Waals surface area contributed by atoms with Gasteiger partial charge in [-0.15, -0.1) is 0 Å². The van der Waals surface area contributed by atoms with Gasteiger partial charge in [0.15, 0.2) is 0 Å². The van der Waals surface area contributed by atoms with Crippen LogP contribution in [0.25, 0.3) is 22.4 Å². The number of benzene rings is 2. The molecule has 3 N–H and O–H groups in total. The second-order valence-corrected chi connectivity index (χ2v) is 5.28. The van der Waals surface area contributed by atoms with Crippen molar-refractivity contribution in [1.29, 1.82) is 0 Å². The van der Waals surface area contributed by atoms with Gasteiger partial charge in [-0.2, -0.15) is 5.10 Å². The van der Waals surface area contributed by atoms with E-state index in [4.69, 9.17) is 0 Å². The van der Waals surface area contributed by atoms with Crippen LogP contribution >= 0.6 is 15.9 Å². The molecule has 1 heterocycles. The van der Waals surface area contributed by atoms with Crippen molar-refractivity contribution in [2.45, 2.75) is 0 Å². The standard InChI is InChI=1S/C15H11BrN2O2.H2/c16-10-3-1-9(2-4-10)13-8-17-18-15(13)12-6-5-11(19)7-14(12)20;/h1-8,19-20H,(H,17,18);1H. The minimum Gasteiger partial charge on any atom is -0.508 e. The van der Waals surface area contributed by atoms with Crippen molar-refractivity contribution in [2.24, 2.45) is 0 Å². The number of aromatic nitrogens is 2. The van der Waals surface area contributed by atoms with Crippen molar-refractivity contribution in [3.05, 3.63) is 53.1 Å². The Labute approximate surface area is 125 Å². The summed E-state index contributed by atoms with van der Waals surface area (Å²) in [5, 5.41) is 26.3. The molecule has 102 valence electrons. The number of aromatic hydroxyl groups is 2. The molecular weight excluding hydrogens is 320 g/mol. The summed E-state index contributed by atoms with van der Waals surface area (Å²) in [6.07, 6.45) is 1.71. The Morgan fingerprint density at radius 2 is 1.75 bits per heavy atom. The first kappa shape index (κ1) is 12.7. The first-order valence-electron chi connectivity index (χ1n) is 5.97. The molecule has 0 amide bonds. The number of hydrogen-bond acceptors (Lipinski definition) is 3. The summed E-state index contributed by atoms with van der Waals surface area (Å²) in [6.45, 7) is 0. The monoisotopic (exact) mass is 332 g/mol. The van der Waals surface area contributed by atoms with Gasteiger partial charge in [0.05, 0.1) is 11.9 Å². The van der Waals surface area contributed by atoms with Crippen LogP contribution in [0.15, 0.2) is 53.1 Å². The number of rotatable bonds is 2. The van der Waals surface area contributed by atoms with E-state index in [9.17, 15) is 10.2 Å². The molecule has 5 heteroatoms. The van der Waals surface area contributed by atoms with Gasteiger partial charge in [-0.05, 0) is 29.8 Å². The SMILES string of the molecule is Oc1ccc(-c2[nH]ncc2-c2ccc(Br)cc2)c(O)c1.[HH]. The van der Waals surface area contributed by atoms with E-state index in [2.05, 4.69) is 26.1 Å². The van der Waals surface area contributed by atoms with Crippen LogP contribution in [0.5, 0.6) is 11.5 Å². The van der Waals surface area contributed by atoms with E-state index in [-0.39, 0.29) is 12.9 Å². The van der Waals surface area contributed by atoms with Crippen molar-refractivity contribution in [3.8, 4) is 33.9 Å². The maximum atomic E-state index is 9.96. The maximum Gasteiger partial charge on any atom is 0.128 e. The highest BCUT2D eigenvalue weighted by Crippen LogP contribution is 2.36. The fourth-order valence-corrected chi connectivity index (χ4v) is 2.34. The third-order valence-corrected chi connectivity index (χ3v) is 3.57. The first-order chi connectivity index (χ1) is 9.65. The lowest BCUT2D eigenvalue weighted by Crippen LogP contribution is -1.84. The highest BCUT2D eigenvalue weighted by molar-refractivity contribution is 9.10. The van der Waals surface area contributed by atoms with Crippen molar-refractivity contribution in [3.63, 3.8) is 0 Å². The zero-order valence-corrected chi connectivity index (χ0v) is 11.9. The normalized spacial score (nSPS) is 10.7. The average molecular weight is 333 g/mol. The molecule has 20 heavy (non-hydrogen) atoms. The topological polar surface area (TPSA) is 69.1 Å². The fraction of sp³-hybridized carbons (Fsp3) is 0. The third-order valence-electron chi connectivity index (χ3n) is 3.05. The summed E-state index contributed by atoms with van der Waals surface area (Å²) >= 11 is 3.40. The Kier molecular flexibility index (Phi) is 3.20. The number of H-pyrrole nitrogens is 1.